The highest BCUT2D eigenvalue weighted by Gasteiger charge is 2.22. The Hall–Kier alpha value is -2.63. The summed E-state index contributed by atoms with van der Waals surface area (Å²) in [6.45, 7) is 1.28. The number of nitrogens with zero attached hydrogens (tertiary/aromatic N) is 2. The number of pyridine rings is 2. The highest BCUT2D eigenvalue weighted by atomic mass is 16.5. The SMILES string of the molecule is NC(=O)c1cnccc1NCc1ccnc(OCC2CC2)c1. The third kappa shape index (κ3) is 3.72. The van der Waals surface area contributed by atoms with Crippen LogP contribution in [-0.4, -0.2) is 22.5 Å². The first-order valence-corrected chi connectivity index (χ1v) is 7.28. The van der Waals surface area contributed by atoms with Crippen LogP contribution in [0.25, 0.3) is 0 Å². The number of primary amides is 1. The molecule has 1 saturated carbocycles. The smallest absolute Gasteiger partial charge is 0.252 e. The molecule has 0 atom stereocenters. The summed E-state index contributed by atoms with van der Waals surface area (Å²) in [6.07, 6.45) is 7.30. The van der Waals surface area contributed by atoms with Crippen LogP contribution >= 0.6 is 0 Å². The molecule has 1 amide bonds. The fourth-order valence-corrected chi connectivity index (χ4v) is 2.07. The van der Waals surface area contributed by atoms with Crippen molar-refractivity contribution in [1.82, 2.24) is 9.97 Å². The second-order valence-electron chi connectivity index (χ2n) is 5.40. The predicted octanol–water partition coefficient (Wildman–Crippen LogP) is 1.98. The van der Waals surface area contributed by atoms with Crippen LogP contribution in [0.1, 0.15) is 28.8 Å². The van der Waals surface area contributed by atoms with Gasteiger partial charge in [-0.05, 0) is 36.5 Å². The molecule has 1 aliphatic rings. The summed E-state index contributed by atoms with van der Waals surface area (Å²) in [5.41, 5.74) is 7.40. The lowest BCUT2D eigenvalue weighted by Crippen LogP contribution is -2.14. The molecule has 3 rings (SSSR count). The molecule has 114 valence electrons. The van der Waals surface area contributed by atoms with Crippen molar-refractivity contribution >= 4 is 11.6 Å². The van der Waals surface area contributed by atoms with Crippen molar-refractivity contribution in [1.29, 1.82) is 0 Å². The van der Waals surface area contributed by atoms with Crippen LogP contribution in [-0.2, 0) is 6.54 Å². The van der Waals surface area contributed by atoms with Gasteiger partial charge in [-0.2, -0.15) is 0 Å². The van der Waals surface area contributed by atoms with E-state index in [0.29, 0.717) is 29.6 Å². The fraction of sp³-hybridized carbons (Fsp3) is 0.312. The molecule has 1 aliphatic carbocycles. The molecule has 2 aromatic rings. The number of nitrogens with two attached hydrogens (primary N) is 1. The Morgan fingerprint density at radius 1 is 1.36 bits per heavy atom. The fourth-order valence-electron chi connectivity index (χ4n) is 2.07. The molecule has 0 unspecified atom stereocenters. The van der Waals surface area contributed by atoms with Gasteiger partial charge in [0.25, 0.3) is 5.91 Å². The molecule has 0 aliphatic heterocycles. The molecule has 0 bridgehead atoms. The quantitative estimate of drug-likeness (QED) is 0.815. The van der Waals surface area contributed by atoms with Crippen molar-refractivity contribution in [3.05, 3.63) is 47.9 Å². The largest absolute Gasteiger partial charge is 0.477 e. The molecular weight excluding hydrogens is 280 g/mol. The van der Waals surface area contributed by atoms with Crippen LogP contribution < -0.4 is 15.8 Å². The number of hydrogen-bond donors (Lipinski definition) is 2. The van der Waals surface area contributed by atoms with Crippen LogP contribution in [0.3, 0.4) is 0 Å². The number of carbonyl (C=O) groups excluding carboxylic acids is 1. The van der Waals surface area contributed by atoms with Crippen molar-refractivity contribution in [2.45, 2.75) is 19.4 Å². The molecule has 2 heterocycles. The summed E-state index contributed by atoms with van der Waals surface area (Å²) >= 11 is 0. The topological polar surface area (TPSA) is 90.1 Å². The second-order valence-corrected chi connectivity index (χ2v) is 5.40. The second kappa shape index (κ2) is 6.43. The van der Waals surface area contributed by atoms with E-state index >= 15 is 0 Å². The Morgan fingerprint density at radius 3 is 3.00 bits per heavy atom. The summed E-state index contributed by atoms with van der Waals surface area (Å²) < 4.78 is 5.66. The zero-order valence-electron chi connectivity index (χ0n) is 12.2. The maximum Gasteiger partial charge on any atom is 0.252 e. The monoisotopic (exact) mass is 298 g/mol. The first-order valence-electron chi connectivity index (χ1n) is 7.28. The third-order valence-electron chi connectivity index (χ3n) is 3.53. The molecule has 3 N–H and O–H groups in total. The molecule has 22 heavy (non-hydrogen) atoms. The van der Waals surface area contributed by atoms with Gasteiger partial charge >= 0.3 is 0 Å². The van der Waals surface area contributed by atoms with Gasteiger partial charge in [0.15, 0.2) is 0 Å². The summed E-state index contributed by atoms with van der Waals surface area (Å²) in [6, 6.07) is 5.54. The average molecular weight is 298 g/mol. The van der Waals surface area contributed by atoms with E-state index in [1.54, 1.807) is 18.5 Å². The van der Waals surface area contributed by atoms with E-state index in [2.05, 4.69) is 15.3 Å². The normalized spacial score (nSPS) is 13.6. The van der Waals surface area contributed by atoms with Gasteiger partial charge in [0.2, 0.25) is 5.88 Å². The van der Waals surface area contributed by atoms with Crippen LogP contribution in [0.5, 0.6) is 5.88 Å². The van der Waals surface area contributed by atoms with E-state index < -0.39 is 5.91 Å². The van der Waals surface area contributed by atoms with E-state index in [1.165, 1.54) is 19.0 Å². The maximum atomic E-state index is 11.4. The minimum atomic E-state index is -0.501. The van der Waals surface area contributed by atoms with Gasteiger partial charge in [-0.15, -0.1) is 0 Å². The van der Waals surface area contributed by atoms with Crippen molar-refractivity contribution in [3.63, 3.8) is 0 Å². The molecule has 0 spiro atoms. The zero-order valence-corrected chi connectivity index (χ0v) is 12.2. The van der Waals surface area contributed by atoms with Crippen LogP contribution in [0, 0.1) is 5.92 Å². The van der Waals surface area contributed by atoms with Crippen molar-refractivity contribution < 1.29 is 9.53 Å². The molecule has 0 aromatic carbocycles. The van der Waals surface area contributed by atoms with Crippen molar-refractivity contribution in [3.8, 4) is 5.88 Å². The van der Waals surface area contributed by atoms with Gasteiger partial charge in [-0.1, -0.05) is 0 Å². The van der Waals surface area contributed by atoms with E-state index in [-0.39, 0.29) is 0 Å². The lowest BCUT2D eigenvalue weighted by Gasteiger charge is -2.10. The van der Waals surface area contributed by atoms with E-state index in [9.17, 15) is 4.79 Å². The highest BCUT2D eigenvalue weighted by molar-refractivity contribution is 5.98. The third-order valence-corrected chi connectivity index (χ3v) is 3.53. The number of ether oxygens (including phenoxy) is 1. The van der Waals surface area contributed by atoms with Gasteiger partial charge in [0.1, 0.15) is 0 Å². The number of aromatic nitrogens is 2. The number of rotatable bonds is 7. The number of amides is 1. The Balaban J connectivity index is 1.63. The van der Waals surface area contributed by atoms with Crippen molar-refractivity contribution in [2.75, 3.05) is 11.9 Å². The first kappa shape index (κ1) is 14.3. The number of nitrogens with one attached hydrogen (secondary N) is 1. The van der Waals surface area contributed by atoms with E-state index in [4.69, 9.17) is 10.5 Å². The number of hydrogen-bond acceptors (Lipinski definition) is 5. The summed E-state index contributed by atoms with van der Waals surface area (Å²) in [5, 5.41) is 3.19. The Kier molecular flexibility index (Phi) is 4.18. The van der Waals surface area contributed by atoms with E-state index in [1.807, 2.05) is 12.1 Å². The lowest BCUT2D eigenvalue weighted by atomic mass is 10.2. The lowest BCUT2D eigenvalue weighted by molar-refractivity contribution is 0.100. The molecule has 6 heteroatoms. The Bertz CT molecular complexity index is 671. The Morgan fingerprint density at radius 2 is 2.23 bits per heavy atom. The summed E-state index contributed by atoms with van der Waals surface area (Å²) in [5.74, 6) is 0.827. The molecule has 1 fully saturated rings. The molecule has 2 aromatic heterocycles. The number of carbonyl (C=O) groups is 1. The van der Waals surface area contributed by atoms with Crippen molar-refractivity contribution in [2.24, 2.45) is 11.7 Å². The zero-order chi connectivity index (χ0) is 15.4. The van der Waals surface area contributed by atoms with Gasteiger partial charge in [-0.25, -0.2) is 4.98 Å². The molecule has 6 nitrogen and oxygen atoms in total. The number of anilines is 1. The predicted molar refractivity (Wildman–Crippen MR) is 82.5 cm³/mol. The molecule has 0 radical (unpaired) electrons. The average Bonchev–Trinajstić information content (AvgIpc) is 3.36. The minimum absolute atomic E-state index is 0.377. The molecule has 0 saturated heterocycles. The Labute approximate surface area is 128 Å². The van der Waals surface area contributed by atoms with Crippen LogP contribution in [0.2, 0.25) is 0 Å². The van der Waals surface area contributed by atoms with Gasteiger partial charge in [-0.3, -0.25) is 9.78 Å². The summed E-state index contributed by atoms with van der Waals surface area (Å²) in [7, 11) is 0. The molecular formula is C16H18N4O2. The minimum Gasteiger partial charge on any atom is -0.477 e. The van der Waals surface area contributed by atoms with Gasteiger partial charge in [0, 0.05) is 31.2 Å². The van der Waals surface area contributed by atoms with Gasteiger partial charge < -0.3 is 15.8 Å². The van der Waals surface area contributed by atoms with E-state index in [0.717, 1.165) is 12.2 Å². The summed E-state index contributed by atoms with van der Waals surface area (Å²) in [4.78, 5) is 19.5. The first-order chi connectivity index (χ1) is 10.7. The highest BCUT2D eigenvalue weighted by Crippen LogP contribution is 2.29. The maximum absolute atomic E-state index is 11.4. The standard InChI is InChI=1S/C16H18N4O2/c17-16(21)13-9-18-5-4-14(13)20-8-12-3-6-19-15(7-12)22-10-11-1-2-11/h3-7,9,11H,1-2,8,10H2,(H2,17,21)(H,18,20). The van der Waals surface area contributed by atoms with Crippen LogP contribution in [0.4, 0.5) is 5.69 Å². The van der Waals surface area contributed by atoms with Crippen LogP contribution in [0.15, 0.2) is 36.8 Å². The van der Waals surface area contributed by atoms with Gasteiger partial charge in [0.05, 0.1) is 17.9 Å².